The molecule has 6 nitrogen and oxygen atoms in total. The van der Waals surface area contributed by atoms with E-state index in [1.54, 1.807) is 0 Å². The topological polar surface area (TPSA) is 83.9 Å². The first-order chi connectivity index (χ1) is 8.50. The fourth-order valence-corrected chi connectivity index (χ4v) is 5.32. The third-order valence-electron chi connectivity index (χ3n) is 3.14. The highest BCUT2D eigenvalue weighted by atomic mass is 32.2. The zero-order chi connectivity index (χ0) is 13.2. The summed E-state index contributed by atoms with van der Waals surface area (Å²) in [5.74, 6) is -0.200. The number of nitrogens with zero attached hydrogens (tertiary/aromatic N) is 1. The number of carboxylic acids is 1. The molecule has 2 heterocycles. The largest absolute Gasteiger partial charge is 0.480 e. The highest BCUT2D eigenvalue weighted by molar-refractivity contribution is 7.99. The minimum atomic E-state index is -3.55. The zero-order valence-electron chi connectivity index (χ0n) is 9.95. The van der Waals surface area contributed by atoms with Gasteiger partial charge in [0.1, 0.15) is 6.04 Å². The van der Waals surface area contributed by atoms with Gasteiger partial charge >= 0.3 is 5.97 Å². The molecule has 2 aliphatic rings. The Hall–Kier alpha value is -0.310. The Bertz CT molecular complexity index is 404. The maximum absolute atomic E-state index is 12.2. The standard InChI is InChI=1S/C10H17NO5S2/c12-10(13)9-6-17-5-3-11(9)18(14,15)7-8-2-1-4-16-8/h8-9H,1-7H2,(H,12,13). The molecule has 18 heavy (non-hydrogen) atoms. The van der Waals surface area contributed by atoms with E-state index in [9.17, 15) is 13.2 Å². The molecule has 1 N–H and O–H groups in total. The van der Waals surface area contributed by atoms with Crippen LogP contribution in [0.2, 0.25) is 0 Å². The lowest BCUT2D eigenvalue weighted by Gasteiger charge is -2.32. The SMILES string of the molecule is O=C(O)C1CSCCN1S(=O)(=O)CC1CCCO1. The van der Waals surface area contributed by atoms with E-state index in [-0.39, 0.29) is 18.4 Å². The van der Waals surface area contributed by atoms with E-state index in [0.29, 0.717) is 18.1 Å². The highest BCUT2D eigenvalue weighted by Crippen LogP contribution is 2.23. The average Bonchev–Trinajstić information content (AvgIpc) is 2.81. The van der Waals surface area contributed by atoms with Gasteiger partial charge in [-0.05, 0) is 12.8 Å². The van der Waals surface area contributed by atoms with E-state index in [4.69, 9.17) is 9.84 Å². The normalized spacial score (nSPS) is 30.4. The van der Waals surface area contributed by atoms with Gasteiger partial charge in [0.05, 0.1) is 11.9 Å². The van der Waals surface area contributed by atoms with Crippen LogP contribution in [0.4, 0.5) is 0 Å². The van der Waals surface area contributed by atoms with Crippen molar-refractivity contribution in [3.05, 3.63) is 0 Å². The summed E-state index contributed by atoms with van der Waals surface area (Å²) < 4.78 is 30.9. The summed E-state index contributed by atoms with van der Waals surface area (Å²) in [5, 5.41) is 9.08. The maximum atomic E-state index is 12.2. The molecule has 0 aliphatic carbocycles. The predicted molar refractivity (Wildman–Crippen MR) is 68.2 cm³/mol. The fourth-order valence-electron chi connectivity index (χ4n) is 2.22. The van der Waals surface area contributed by atoms with Crippen molar-refractivity contribution in [2.45, 2.75) is 25.0 Å². The van der Waals surface area contributed by atoms with Crippen LogP contribution in [0.5, 0.6) is 0 Å². The molecular weight excluding hydrogens is 278 g/mol. The van der Waals surface area contributed by atoms with Crippen molar-refractivity contribution < 1.29 is 23.1 Å². The summed E-state index contributed by atoms with van der Waals surface area (Å²) in [6.45, 7) is 0.870. The second kappa shape index (κ2) is 5.77. The first kappa shape index (κ1) is 14.1. The monoisotopic (exact) mass is 295 g/mol. The number of hydrogen-bond donors (Lipinski definition) is 1. The van der Waals surface area contributed by atoms with Crippen LogP contribution >= 0.6 is 11.8 Å². The van der Waals surface area contributed by atoms with Crippen molar-refractivity contribution in [3.8, 4) is 0 Å². The van der Waals surface area contributed by atoms with Crippen molar-refractivity contribution in [3.63, 3.8) is 0 Å². The van der Waals surface area contributed by atoms with Crippen molar-refractivity contribution in [2.75, 3.05) is 30.4 Å². The molecule has 104 valence electrons. The van der Waals surface area contributed by atoms with Gasteiger partial charge in [-0.2, -0.15) is 16.1 Å². The van der Waals surface area contributed by atoms with Gasteiger partial charge in [-0.3, -0.25) is 4.79 Å². The van der Waals surface area contributed by atoms with E-state index in [1.807, 2.05) is 0 Å². The fraction of sp³-hybridized carbons (Fsp3) is 0.900. The van der Waals surface area contributed by atoms with Gasteiger partial charge in [0.2, 0.25) is 10.0 Å². The molecule has 2 rings (SSSR count). The third-order valence-corrected chi connectivity index (χ3v) is 6.11. The van der Waals surface area contributed by atoms with Gasteiger partial charge in [-0.25, -0.2) is 8.42 Å². The summed E-state index contributed by atoms with van der Waals surface area (Å²) in [4.78, 5) is 11.1. The van der Waals surface area contributed by atoms with E-state index in [1.165, 1.54) is 11.8 Å². The van der Waals surface area contributed by atoms with Crippen LogP contribution in [-0.2, 0) is 19.6 Å². The Morgan fingerprint density at radius 3 is 2.89 bits per heavy atom. The van der Waals surface area contributed by atoms with Crippen LogP contribution in [0.3, 0.4) is 0 Å². The molecular formula is C10H17NO5S2. The van der Waals surface area contributed by atoms with E-state index in [0.717, 1.165) is 17.1 Å². The molecule has 2 unspecified atom stereocenters. The summed E-state index contributed by atoms with van der Waals surface area (Å²) in [7, 11) is -3.55. The molecule has 0 bridgehead atoms. The van der Waals surface area contributed by atoms with Gasteiger partial charge in [-0.1, -0.05) is 0 Å². The number of carbonyl (C=O) groups is 1. The first-order valence-corrected chi connectivity index (χ1v) is 8.69. The quantitative estimate of drug-likeness (QED) is 0.786. The molecule has 2 fully saturated rings. The number of aliphatic carboxylic acids is 1. The minimum Gasteiger partial charge on any atom is -0.480 e. The summed E-state index contributed by atoms with van der Waals surface area (Å²) in [6.07, 6.45) is 1.33. The van der Waals surface area contributed by atoms with Crippen LogP contribution in [-0.4, -0.2) is 66.4 Å². The van der Waals surface area contributed by atoms with Crippen molar-refractivity contribution in [1.29, 1.82) is 0 Å². The third kappa shape index (κ3) is 3.17. The van der Waals surface area contributed by atoms with Crippen molar-refractivity contribution >= 4 is 27.8 Å². The Balaban J connectivity index is 2.08. The van der Waals surface area contributed by atoms with E-state index in [2.05, 4.69) is 0 Å². The van der Waals surface area contributed by atoms with Crippen LogP contribution in [0.15, 0.2) is 0 Å². The van der Waals surface area contributed by atoms with Gasteiger partial charge in [0.25, 0.3) is 0 Å². The number of carboxylic acid groups (broad SMARTS) is 1. The molecule has 2 aliphatic heterocycles. The first-order valence-electron chi connectivity index (χ1n) is 5.92. The Labute approximate surface area is 111 Å². The van der Waals surface area contributed by atoms with Crippen molar-refractivity contribution in [2.24, 2.45) is 0 Å². The van der Waals surface area contributed by atoms with E-state index >= 15 is 0 Å². The van der Waals surface area contributed by atoms with Gasteiger partial charge in [0, 0.05) is 24.7 Å². The molecule has 2 atom stereocenters. The van der Waals surface area contributed by atoms with Gasteiger partial charge in [-0.15, -0.1) is 0 Å². The number of rotatable bonds is 4. The van der Waals surface area contributed by atoms with Crippen LogP contribution in [0, 0.1) is 0 Å². The summed E-state index contributed by atoms with van der Waals surface area (Å²) in [6, 6.07) is -0.935. The minimum absolute atomic E-state index is 0.0958. The number of thioether (sulfide) groups is 1. The van der Waals surface area contributed by atoms with E-state index < -0.39 is 22.0 Å². The molecule has 0 saturated carbocycles. The number of hydrogen-bond acceptors (Lipinski definition) is 5. The second-order valence-corrected chi connectivity index (χ2v) is 7.57. The van der Waals surface area contributed by atoms with Gasteiger partial charge < -0.3 is 9.84 Å². The van der Waals surface area contributed by atoms with Crippen molar-refractivity contribution in [1.82, 2.24) is 4.31 Å². The molecule has 8 heteroatoms. The number of ether oxygens (including phenoxy) is 1. The van der Waals surface area contributed by atoms with Crippen LogP contribution < -0.4 is 0 Å². The summed E-state index contributed by atoms with van der Waals surface area (Å²) in [5.41, 5.74) is 0. The van der Waals surface area contributed by atoms with Gasteiger partial charge in [0.15, 0.2) is 0 Å². The lowest BCUT2D eigenvalue weighted by Crippen LogP contribution is -2.51. The molecule has 0 radical (unpaired) electrons. The Morgan fingerprint density at radius 1 is 1.50 bits per heavy atom. The maximum Gasteiger partial charge on any atom is 0.322 e. The summed E-state index contributed by atoms with van der Waals surface area (Å²) >= 11 is 1.48. The predicted octanol–water partition coefficient (Wildman–Crippen LogP) is -0.00280. The Morgan fingerprint density at radius 2 is 2.28 bits per heavy atom. The molecule has 0 amide bonds. The molecule has 0 aromatic rings. The highest BCUT2D eigenvalue weighted by Gasteiger charge is 2.38. The molecule has 0 spiro atoms. The molecule has 0 aromatic carbocycles. The average molecular weight is 295 g/mol. The van der Waals surface area contributed by atoms with Crippen LogP contribution in [0.1, 0.15) is 12.8 Å². The zero-order valence-corrected chi connectivity index (χ0v) is 11.6. The molecule has 2 saturated heterocycles. The lowest BCUT2D eigenvalue weighted by molar-refractivity contribution is -0.140. The van der Waals surface area contributed by atoms with Crippen LogP contribution in [0.25, 0.3) is 0 Å². The lowest BCUT2D eigenvalue weighted by atomic mass is 10.3. The number of sulfonamides is 1. The Kier molecular flexibility index (Phi) is 4.52. The smallest absolute Gasteiger partial charge is 0.322 e. The molecule has 0 aromatic heterocycles. The second-order valence-electron chi connectivity index (χ2n) is 4.45.